The van der Waals surface area contributed by atoms with Gasteiger partial charge in [-0.2, -0.15) is 0 Å². The van der Waals surface area contributed by atoms with E-state index in [2.05, 4.69) is 10.3 Å². The molecule has 26 heavy (non-hydrogen) atoms. The molecule has 8 heteroatoms. The zero-order chi connectivity index (χ0) is 18.5. The van der Waals surface area contributed by atoms with Gasteiger partial charge in [0.05, 0.1) is 18.2 Å². The van der Waals surface area contributed by atoms with Crippen molar-refractivity contribution in [3.63, 3.8) is 0 Å². The molecule has 2 aromatic rings. The standard InChI is InChI=1S/C18H20FN3O3S/c1-2-25-18(24)22-9-3-4-13(10-22)16(23)21-17-20-15(11-26-17)12-5-7-14(19)8-6-12/h5-8,11,13H,2-4,9-10H2,1H3,(H,20,21,23). The quantitative estimate of drug-likeness (QED) is 0.881. The molecule has 0 saturated carbocycles. The van der Waals surface area contributed by atoms with Crippen LogP contribution in [0.25, 0.3) is 11.3 Å². The largest absolute Gasteiger partial charge is 0.450 e. The van der Waals surface area contributed by atoms with E-state index < -0.39 is 0 Å². The first kappa shape index (κ1) is 18.3. The average Bonchev–Trinajstić information content (AvgIpc) is 3.11. The SMILES string of the molecule is CCOC(=O)N1CCCC(C(=O)Nc2nc(-c3ccc(F)cc3)cs2)C1. The summed E-state index contributed by atoms with van der Waals surface area (Å²) in [5.74, 6) is -0.744. The maximum absolute atomic E-state index is 13.0. The lowest BCUT2D eigenvalue weighted by Gasteiger charge is -2.30. The molecular formula is C18H20FN3O3S. The van der Waals surface area contributed by atoms with Gasteiger partial charge in [0.15, 0.2) is 5.13 Å². The van der Waals surface area contributed by atoms with E-state index in [1.807, 2.05) is 5.38 Å². The van der Waals surface area contributed by atoms with Crippen LogP contribution in [-0.4, -0.2) is 41.6 Å². The van der Waals surface area contributed by atoms with Gasteiger partial charge < -0.3 is 15.0 Å². The second-order valence-electron chi connectivity index (χ2n) is 6.02. The lowest BCUT2D eigenvalue weighted by Crippen LogP contribution is -2.44. The van der Waals surface area contributed by atoms with E-state index in [-0.39, 0.29) is 23.7 Å². The van der Waals surface area contributed by atoms with Gasteiger partial charge in [-0.05, 0) is 44.0 Å². The van der Waals surface area contributed by atoms with E-state index >= 15 is 0 Å². The van der Waals surface area contributed by atoms with Gasteiger partial charge in [-0.1, -0.05) is 0 Å². The van der Waals surface area contributed by atoms with Gasteiger partial charge in [0, 0.05) is 24.0 Å². The molecule has 0 bridgehead atoms. The second kappa shape index (κ2) is 8.27. The number of hydrogen-bond acceptors (Lipinski definition) is 5. The van der Waals surface area contributed by atoms with Crippen LogP contribution in [0.3, 0.4) is 0 Å². The van der Waals surface area contributed by atoms with E-state index in [1.54, 1.807) is 24.0 Å². The molecule has 3 rings (SSSR count). The highest BCUT2D eigenvalue weighted by Gasteiger charge is 2.29. The number of likely N-dealkylation sites (tertiary alicyclic amines) is 1. The molecule has 1 saturated heterocycles. The molecule has 1 unspecified atom stereocenters. The number of piperidine rings is 1. The van der Waals surface area contributed by atoms with Gasteiger partial charge in [0.1, 0.15) is 5.82 Å². The van der Waals surface area contributed by atoms with Crippen LogP contribution in [0.2, 0.25) is 0 Å². The number of hydrogen-bond donors (Lipinski definition) is 1. The van der Waals surface area contributed by atoms with Crippen molar-refractivity contribution in [3.05, 3.63) is 35.5 Å². The molecule has 1 aromatic carbocycles. The van der Waals surface area contributed by atoms with Crippen molar-refractivity contribution in [2.45, 2.75) is 19.8 Å². The van der Waals surface area contributed by atoms with Gasteiger partial charge >= 0.3 is 6.09 Å². The number of halogens is 1. The third-order valence-electron chi connectivity index (χ3n) is 4.19. The van der Waals surface area contributed by atoms with Gasteiger partial charge in [-0.25, -0.2) is 14.2 Å². The van der Waals surface area contributed by atoms with Crippen molar-refractivity contribution in [2.24, 2.45) is 5.92 Å². The molecule has 1 N–H and O–H groups in total. The first-order valence-corrected chi connectivity index (χ1v) is 9.39. The number of rotatable bonds is 4. The minimum atomic E-state index is -0.377. The maximum Gasteiger partial charge on any atom is 0.409 e. The van der Waals surface area contributed by atoms with Crippen LogP contribution in [0.15, 0.2) is 29.6 Å². The van der Waals surface area contributed by atoms with E-state index in [9.17, 15) is 14.0 Å². The minimum absolute atomic E-state index is 0.154. The molecule has 0 radical (unpaired) electrons. The Bertz CT molecular complexity index is 778. The summed E-state index contributed by atoms with van der Waals surface area (Å²) in [7, 11) is 0. The van der Waals surface area contributed by atoms with Gasteiger partial charge in [-0.15, -0.1) is 11.3 Å². The summed E-state index contributed by atoms with van der Waals surface area (Å²) >= 11 is 1.31. The highest BCUT2D eigenvalue weighted by atomic mass is 32.1. The van der Waals surface area contributed by atoms with Crippen LogP contribution in [-0.2, 0) is 9.53 Å². The van der Waals surface area contributed by atoms with Gasteiger partial charge in [0.25, 0.3) is 0 Å². The molecule has 1 aliphatic rings. The predicted octanol–water partition coefficient (Wildman–Crippen LogP) is 3.76. The number of carbonyl (C=O) groups is 2. The van der Waals surface area contributed by atoms with Crippen LogP contribution in [0, 0.1) is 11.7 Å². The zero-order valence-corrected chi connectivity index (χ0v) is 15.2. The molecule has 0 spiro atoms. The highest BCUT2D eigenvalue weighted by Crippen LogP contribution is 2.26. The number of thiazole rings is 1. The Morgan fingerprint density at radius 1 is 1.38 bits per heavy atom. The molecule has 2 heterocycles. The van der Waals surface area contributed by atoms with Crippen molar-refractivity contribution in [1.82, 2.24) is 9.88 Å². The number of carbonyl (C=O) groups excluding carboxylic acids is 2. The van der Waals surface area contributed by atoms with Crippen LogP contribution in [0.4, 0.5) is 14.3 Å². The molecule has 1 fully saturated rings. The molecule has 2 amide bonds. The molecular weight excluding hydrogens is 357 g/mol. The van der Waals surface area contributed by atoms with Crippen LogP contribution in [0.1, 0.15) is 19.8 Å². The normalized spacial score (nSPS) is 17.0. The Kier molecular flexibility index (Phi) is 5.82. The zero-order valence-electron chi connectivity index (χ0n) is 14.4. The van der Waals surface area contributed by atoms with Gasteiger partial charge in [-0.3, -0.25) is 4.79 Å². The van der Waals surface area contributed by atoms with Crippen LogP contribution >= 0.6 is 11.3 Å². The van der Waals surface area contributed by atoms with Crippen LogP contribution in [0.5, 0.6) is 0 Å². The van der Waals surface area contributed by atoms with E-state index in [4.69, 9.17) is 4.74 Å². The van der Waals surface area contributed by atoms with E-state index in [0.29, 0.717) is 30.5 Å². The number of ether oxygens (including phenoxy) is 1. The lowest BCUT2D eigenvalue weighted by atomic mass is 9.97. The molecule has 0 aliphatic carbocycles. The molecule has 1 aromatic heterocycles. The first-order chi connectivity index (χ1) is 12.6. The number of amides is 2. The van der Waals surface area contributed by atoms with Crippen molar-refractivity contribution < 1.29 is 18.7 Å². The third kappa shape index (κ3) is 4.37. The Morgan fingerprint density at radius 3 is 2.88 bits per heavy atom. The fourth-order valence-corrected chi connectivity index (χ4v) is 3.59. The Hall–Kier alpha value is -2.48. The second-order valence-corrected chi connectivity index (χ2v) is 6.88. The molecule has 1 aliphatic heterocycles. The molecule has 1 atom stereocenters. The summed E-state index contributed by atoms with van der Waals surface area (Å²) in [4.78, 5) is 30.3. The maximum atomic E-state index is 13.0. The number of nitrogens with zero attached hydrogens (tertiary/aromatic N) is 2. The molecule has 138 valence electrons. The smallest absolute Gasteiger partial charge is 0.409 e. The third-order valence-corrected chi connectivity index (χ3v) is 4.95. The average molecular weight is 377 g/mol. The van der Waals surface area contributed by atoms with Crippen LogP contribution < -0.4 is 5.32 Å². The summed E-state index contributed by atoms with van der Waals surface area (Å²) in [5.41, 5.74) is 1.47. The summed E-state index contributed by atoms with van der Waals surface area (Å²) in [5, 5.41) is 5.12. The summed E-state index contributed by atoms with van der Waals surface area (Å²) in [6.45, 7) is 3.03. The van der Waals surface area contributed by atoms with E-state index in [0.717, 1.165) is 18.4 Å². The van der Waals surface area contributed by atoms with Crippen molar-refractivity contribution in [2.75, 3.05) is 25.0 Å². The monoisotopic (exact) mass is 377 g/mol. The summed E-state index contributed by atoms with van der Waals surface area (Å²) < 4.78 is 18.0. The van der Waals surface area contributed by atoms with Crippen molar-refractivity contribution >= 4 is 28.5 Å². The summed E-state index contributed by atoms with van der Waals surface area (Å²) in [6, 6.07) is 6.04. The topological polar surface area (TPSA) is 71.5 Å². The summed E-state index contributed by atoms with van der Waals surface area (Å²) in [6.07, 6.45) is 1.10. The number of nitrogens with one attached hydrogen (secondary N) is 1. The number of anilines is 1. The van der Waals surface area contributed by atoms with E-state index in [1.165, 1.54) is 23.5 Å². The Labute approximate surface area is 155 Å². The Morgan fingerprint density at radius 2 is 2.15 bits per heavy atom. The first-order valence-electron chi connectivity index (χ1n) is 8.51. The highest BCUT2D eigenvalue weighted by molar-refractivity contribution is 7.14. The van der Waals surface area contributed by atoms with Crippen molar-refractivity contribution in [1.29, 1.82) is 0 Å². The fraction of sp³-hybridized carbons (Fsp3) is 0.389. The predicted molar refractivity (Wildman–Crippen MR) is 97.5 cm³/mol. The molecule has 6 nitrogen and oxygen atoms in total. The fourth-order valence-electron chi connectivity index (χ4n) is 2.86. The Balaban J connectivity index is 1.61. The minimum Gasteiger partial charge on any atom is -0.450 e. The number of aromatic nitrogens is 1. The number of benzene rings is 1. The lowest BCUT2D eigenvalue weighted by molar-refractivity contribution is -0.121. The van der Waals surface area contributed by atoms with Gasteiger partial charge in [0.2, 0.25) is 5.91 Å². The van der Waals surface area contributed by atoms with Crippen molar-refractivity contribution in [3.8, 4) is 11.3 Å².